The molecule has 1 amide bonds. The smallest absolute Gasteiger partial charge is 0.273 e. The largest absolute Gasteiger partial charge is 0.356 e. The van der Waals surface area contributed by atoms with Gasteiger partial charge in [0.1, 0.15) is 5.69 Å². The molecule has 120 valence electrons. The van der Waals surface area contributed by atoms with Crippen LogP contribution in [0, 0.1) is 12.8 Å². The summed E-state index contributed by atoms with van der Waals surface area (Å²) in [7, 11) is 0. The Kier molecular flexibility index (Phi) is 4.50. The fourth-order valence-electron chi connectivity index (χ4n) is 2.35. The molecule has 1 fully saturated rings. The summed E-state index contributed by atoms with van der Waals surface area (Å²) < 4.78 is 0. The van der Waals surface area contributed by atoms with Gasteiger partial charge in [0, 0.05) is 24.9 Å². The van der Waals surface area contributed by atoms with Crippen LogP contribution in [0.5, 0.6) is 0 Å². The predicted molar refractivity (Wildman–Crippen MR) is 86.9 cm³/mol. The number of aromatic nitrogens is 3. The molecular formula is C17H20N4O2. The van der Waals surface area contributed by atoms with E-state index in [1.807, 2.05) is 31.2 Å². The van der Waals surface area contributed by atoms with Gasteiger partial charge >= 0.3 is 0 Å². The summed E-state index contributed by atoms with van der Waals surface area (Å²) in [5, 5.41) is 10.9. The second-order valence-corrected chi connectivity index (χ2v) is 6.07. The molecule has 2 N–H and O–H groups in total. The Hall–Kier alpha value is -2.50. The van der Waals surface area contributed by atoms with E-state index in [0.717, 1.165) is 17.7 Å². The summed E-state index contributed by atoms with van der Waals surface area (Å²) in [4.78, 5) is 26.6. The van der Waals surface area contributed by atoms with Crippen molar-refractivity contribution in [2.45, 2.75) is 32.6 Å². The molecule has 0 bridgehead atoms. The average molecular weight is 312 g/mol. The average Bonchev–Trinajstić information content (AvgIpc) is 3.36. The van der Waals surface area contributed by atoms with Crippen LogP contribution in [0.4, 0.5) is 0 Å². The Morgan fingerprint density at radius 1 is 1.35 bits per heavy atom. The molecule has 1 saturated carbocycles. The van der Waals surface area contributed by atoms with Crippen LogP contribution in [0.25, 0.3) is 11.4 Å². The Bertz CT molecular complexity index is 765. The van der Waals surface area contributed by atoms with E-state index in [-0.39, 0.29) is 17.9 Å². The summed E-state index contributed by atoms with van der Waals surface area (Å²) in [6, 6.07) is 7.69. The Morgan fingerprint density at radius 2 is 2.17 bits per heavy atom. The first-order chi connectivity index (χ1) is 11.1. The van der Waals surface area contributed by atoms with E-state index in [4.69, 9.17) is 0 Å². The second kappa shape index (κ2) is 6.73. The number of H-pyrrole nitrogens is 1. The first kappa shape index (κ1) is 15.4. The highest BCUT2D eigenvalue weighted by atomic mass is 16.1. The molecule has 0 saturated heterocycles. The number of carbonyl (C=O) groups is 1. The van der Waals surface area contributed by atoms with Crippen molar-refractivity contribution in [2.24, 2.45) is 5.92 Å². The Balaban J connectivity index is 1.62. The van der Waals surface area contributed by atoms with Gasteiger partial charge in [0.2, 0.25) is 5.91 Å². The molecule has 6 nitrogen and oxygen atoms in total. The summed E-state index contributed by atoms with van der Waals surface area (Å²) in [5.74, 6) is 1.05. The number of nitrogens with zero attached hydrogens (tertiary/aromatic N) is 2. The van der Waals surface area contributed by atoms with Crippen LogP contribution in [-0.4, -0.2) is 27.6 Å². The van der Waals surface area contributed by atoms with Gasteiger partial charge in [0.25, 0.3) is 5.56 Å². The maximum absolute atomic E-state index is 12.1. The van der Waals surface area contributed by atoms with Crippen LogP contribution in [0.3, 0.4) is 0 Å². The normalized spacial score (nSPS) is 13.8. The lowest BCUT2D eigenvalue weighted by molar-refractivity contribution is -0.121. The maximum Gasteiger partial charge on any atom is 0.273 e. The molecule has 2 aromatic rings. The molecule has 1 aromatic heterocycles. The number of aromatic amines is 1. The molecule has 6 heteroatoms. The lowest BCUT2D eigenvalue weighted by Gasteiger charge is -2.04. The first-order valence-electron chi connectivity index (χ1n) is 7.91. The first-order valence-corrected chi connectivity index (χ1v) is 7.91. The van der Waals surface area contributed by atoms with Gasteiger partial charge in [0.05, 0.1) is 0 Å². The van der Waals surface area contributed by atoms with Crippen LogP contribution in [0.15, 0.2) is 29.1 Å². The highest BCUT2D eigenvalue weighted by molar-refractivity contribution is 5.76. The standard InChI is InChI=1S/C17H20N4O2/c1-11-3-2-4-13(9-11)16-19-17(23)14(20-21-16)7-8-15(22)18-10-12-5-6-12/h2-4,9,12H,5-8,10H2,1H3,(H,18,22)(H,19,21,23). The lowest BCUT2D eigenvalue weighted by atomic mass is 10.1. The number of benzene rings is 1. The maximum atomic E-state index is 12.1. The number of rotatable bonds is 6. The van der Waals surface area contributed by atoms with Crippen molar-refractivity contribution >= 4 is 5.91 Å². The molecule has 0 radical (unpaired) electrons. The fraction of sp³-hybridized carbons (Fsp3) is 0.412. The number of amides is 1. The van der Waals surface area contributed by atoms with Crippen molar-refractivity contribution in [2.75, 3.05) is 6.54 Å². The van der Waals surface area contributed by atoms with E-state index < -0.39 is 0 Å². The van der Waals surface area contributed by atoms with Crippen LogP contribution in [0.1, 0.15) is 30.5 Å². The summed E-state index contributed by atoms with van der Waals surface area (Å²) >= 11 is 0. The van der Waals surface area contributed by atoms with Crippen molar-refractivity contribution in [3.8, 4) is 11.4 Å². The van der Waals surface area contributed by atoms with Gasteiger partial charge in [-0.3, -0.25) is 9.59 Å². The molecule has 0 atom stereocenters. The van der Waals surface area contributed by atoms with E-state index in [0.29, 0.717) is 23.9 Å². The molecule has 0 unspecified atom stereocenters. The highest BCUT2D eigenvalue weighted by Gasteiger charge is 2.21. The predicted octanol–water partition coefficient (Wildman–Crippen LogP) is 1.60. The summed E-state index contributed by atoms with van der Waals surface area (Å²) in [6.07, 6.45) is 2.96. The zero-order valence-corrected chi connectivity index (χ0v) is 13.1. The second-order valence-electron chi connectivity index (χ2n) is 6.07. The highest BCUT2D eigenvalue weighted by Crippen LogP contribution is 2.27. The molecule has 3 rings (SSSR count). The molecule has 23 heavy (non-hydrogen) atoms. The third-order valence-corrected chi connectivity index (χ3v) is 3.93. The summed E-state index contributed by atoms with van der Waals surface area (Å²) in [5.41, 5.74) is 1.92. The van der Waals surface area contributed by atoms with Crippen LogP contribution < -0.4 is 10.9 Å². The number of aryl methyl sites for hydroxylation is 2. The lowest BCUT2D eigenvalue weighted by Crippen LogP contribution is -2.27. The quantitative estimate of drug-likeness (QED) is 0.848. The SMILES string of the molecule is Cc1cccc(-c2nnc(CCC(=O)NCC3CC3)c(=O)[nH]2)c1. The zero-order chi connectivity index (χ0) is 16.2. The topological polar surface area (TPSA) is 87.7 Å². The van der Waals surface area contributed by atoms with Crippen molar-refractivity contribution in [3.63, 3.8) is 0 Å². The molecule has 1 aliphatic carbocycles. The monoisotopic (exact) mass is 312 g/mol. The van der Waals surface area contributed by atoms with Gasteiger partial charge in [-0.1, -0.05) is 23.8 Å². The minimum Gasteiger partial charge on any atom is -0.356 e. The van der Waals surface area contributed by atoms with Gasteiger partial charge in [-0.05, 0) is 31.7 Å². The van der Waals surface area contributed by atoms with Crippen molar-refractivity contribution < 1.29 is 4.79 Å². The van der Waals surface area contributed by atoms with Crippen LogP contribution >= 0.6 is 0 Å². The number of hydrogen-bond acceptors (Lipinski definition) is 4. The number of hydrogen-bond donors (Lipinski definition) is 2. The summed E-state index contributed by atoms with van der Waals surface area (Å²) in [6.45, 7) is 2.72. The Labute approximate surface area is 134 Å². The van der Waals surface area contributed by atoms with Gasteiger partial charge in [-0.25, -0.2) is 0 Å². The molecular weight excluding hydrogens is 292 g/mol. The van der Waals surface area contributed by atoms with Crippen molar-refractivity contribution in [3.05, 3.63) is 45.9 Å². The van der Waals surface area contributed by atoms with E-state index in [1.165, 1.54) is 12.8 Å². The minimum absolute atomic E-state index is 0.0409. The van der Waals surface area contributed by atoms with Crippen molar-refractivity contribution in [1.82, 2.24) is 20.5 Å². The molecule has 1 aromatic carbocycles. The van der Waals surface area contributed by atoms with Crippen LogP contribution in [-0.2, 0) is 11.2 Å². The fourth-order valence-corrected chi connectivity index (χ4v) is 2.35. The van der Waals surface area contributed by atoms with E-state index in [2.05, 4.69) is 20.5 Å². The van der Waals surface area contributed by atoms with Gasteiger partial charge in [0.15, 0.2) is 5.82 Å². The van der Waals surface area contributed by atoms with Crippen molar-refractivity contribution in [1.29, 1.82) is 0 Å². The van der Waals surface area contributed by atoms with Crippen LogP contribution in [0.2, 0.25) is 0 Å². The zero-order valence-electron chi connectivity index (χ0n) is 13.1. The van der Waals surface area contributed by atoms with E-state index in [9.17, 15) is 9.59 Å². The third kappa shape index (κ3) is 4.25. The van der Waals surface area contributed by atoms with E-state index in [1.54, 1.807) is 0 Å². The molecule has 1 heterocycles. The molecule has 0 spiro atoms. The van der Waals surface area contributed by atoms with E-state index >= 15 is 0 Å². The molecule has 0 aliphatic heterocycles. The van der Waals surface area contributed by atoms with Gasteiger partial charge < -0.3 is 10.3 Å². The number of nitrogens with one attached hydrogen (secondary N) is 2. The molecule has 1 aliphatic rings. The third-order valence-electron chi connectivity index (χ3n) is 3.93. The van der Waals surface area contributed by atoms with Gasteiger partial charge in [-0.2, -0.15) is 0 Å². The minimum atomic E-state index is -0.286. The Morgan fingerprint density at radius 3 is 2.87 bits per heavy atom. The van der Waals surface area contributed by atoms with Gasteiger partial charge in [-0.15, -0.1) is 10.2 Å². The number of carbonyl (C=O) groups excluding carboxylic acids is 1.